The number of thioether (sulfide) groups is 1. The molecule has 0 aromatic heterocycles. The van der Waals surface area contributed by atoms with E-state index in [-0.39, 0.29) is 0 Å². The highest BCUT2D eigenvalue weighted by Crippen LogP contribution is 2.17. The monoisotopic (exact) mass is 258 g/mol. The topological polar surface area (TPSA) is 24.5 Å². The maximum absolute atomic E-state index is 5.69. The van der Waals surface area contributed by atoms with Crippen LogP contribution in [0.15, 0.2) is 0 Å². The molecule has 2 rings (SSSR count). The van der Waals surface area contributed by atoms with Gasteiger partial charge in [0.1, 0.15) is 0 Å². The molecule has 0 aromatic carbocycles. The number of hydrogen-bond acceptors (Lipinski definition) is 4. The Labute approximate surface area is 110 Å². The van der Waals surface area contributed by atoms with Crippen molar-refractivity contribution in [2.45, 2.75) is 44.1 Å². The summed E-state index contributed by atoms with van der Waals surface area (Å²) in [7, 11) is 0. The third-order valence-electron chi connectivity index (χ3n) is 3.74. The average molecular weight is 258 g/mol. The first-order chi connectivity index (χ1) is 8.25. The normalized spacial score (nSPS) is 32.8. The molecule has 0 amide bonds. The molecular formula is C13H26N2OS. The van der Waals surface area contributed by atoms with E-state index in [1.807, 2.05) is 0 Å². The molecule has 17 heavy (non-hydrogen) atoms. The smallest absolute Gasteiger partial charge is 0.0726 e. The summed E-state index contributed by atoms with van der Waals surface area (Å²) in [5.74, 6) is 1.29. The molecule has 100 valence electrons. The maximum Gasteiger partial charge on any atom is 0.0726 e. The second-order valence-electron chi connectivity index (χ2n) is 5.28. The Morgan fingerprint density at radius 3 is 3.12 bits per heavy atom. The number of ether oxygens (including phenoxy) is 1. The molecule has 2 saturated heterocycles. The molecule has 4 heteroatoms. The van der Waals surface area contributed by atoms with Crippen LogP contribution in [0.4, 0.5) is 0 Å². The maximum atomic E-state index is 5.69. The van der Waals surface area contributed by atoms with Crippen LogP contribution in [0.5, 0.6) is 0 Å². The lowest BCUT2D eigenvalue weighted by molar-refractivity contribution is 0.0827. The largest absolute Gasteiger partial charge is 0.377 e. The summed E-state index contributed by atoms with van der Waals surface area (Å²) >= 11 is 2.10. The van der Waals surface area contributed by atoms with Gasteiger partial charge in [-0.1, -0.05) is 6.92 Å². The van der Waals surface area contributed by atoms with Gasteiger partial charge in [-0.15, -0.1) is 0 Å². The zero-order valence-electron chi connectivity index (χ0n) is 11.2. The van der Waals surface area contributed by atoms with Crippen molar-refractivity contribution in [3.8, 4) is 0 Å². The Bertz CT molecular complexity index is 219. The minimum absolute atomic E-state index is 0.450. The number of nitrogens with one attached hydrogen (secondary N) is 1. The quantitative estimate of drug-likeness (QED) is 0.809. The Morgan fingerprint density at radius 2 is 2.41 bits per heavy atom. The summed E-state index contributed by atoms with van der Waals surface area (Å²) in [6.07, 6.45) is 2.91. The van der Waals surface area contributed by atoms with Crippen LogP contribution in [0.3, 0.4) is 0 Å². The molecule has 3 unspecified atom stereocenters. The lowest BCUT2D eigenvalue weighted by Crippen LogP contribution is -2.44. The van der Waals surface area contributed by atoms with Crippen molar-refractivity contribution in [1.29, 1.82) is 0 Å². The van der Waals surface area contributed by atoms with E-state index in [4.69, 9.17) is 4.74 Å². The van der Waals surface area contributed by atoms with Crippen LogP contribution in [-0.4, -0.2) is 60.8 Å². The van der Waals surface area contributed by atoms with Crippen LogP contribution in [0.1, 0.15) is 26.7 Å². The highest BCUT2D eigenvalue weighted by molar-refractivity contribution is 7.99. The standard InChI is InChI=1S/C13H26N2OS/c1-11-10-15(7-9-17-11)6-5-14-12(2)13-4-3-8-16-13/h11-14H,3-10H2,1-2H3. The second kappa shape index (κ2) is 6.98. The molecule has 0 bridgehead atoms. The number of rotatable bonds is 5. The Morgan fingerprint density at radius 1 is 1.53 bits per heavy atom. The molecule has 0 aromatic rings. The third-order valence-corrected chi connectivity index (χ3v) is 4.88. The first-order valence-electron chi connectivity index (χ1n) is 6.94. The van der Waals surface area contributed by atoms with E-state index in [9.17, 15) is 0 Å². The van der Waals surface area contributed by atoms with Gasteiger partial charge in [0.25, 0.3) is 0 Å². The first kappa shape index (κ1) is 13.7. The van der Waals surface area contributed by atoms with Gasteiger partial charge >= 0.3 is 0 Å². The van der Waals surface area contributed by atoms with Gasteiger partial charge in [0, 0.05) is 49.8 Å². The number of hydrogen-bond donors (Lipinski definition) is 1. The van der Waals surface area contributed by atoms with Crippen molar-refractivity contribution >= 4 is 11.8 Å². The fourth-order valence-electron chi connectivity index (χ4n) is 2.67. The molecule has 0 saturated carbocycles. The lowest BCUT2D eigenvalue weighted by Gasteiger charge is -2.31. The van der Waals surface area contributed by atoms with Gasteiger partial charge in [-0.3, -0.25) is 0 Å². The van der Waals surface area contributed by atoms with E-state index in [1.165, 1.54) is 38.2 Å². The third kappa shape index (κ3) is 4.43. The van der Waals surface area contributed by atoms with E-state index in [2.05, 4.69) is 35.8 Å². The second-order valence-corrected chi connectivity index (χ2v) is 6.82. The average Bonchev–Trinajstić information content (AvgIpc) is 2.82. The van der Waals surface area contributed by atoms with Crippen molar-refractivity contribution in [2.24, 2.45) is 0 Å². The molecule has 0 radical (unpaired) electrons. The predicted octanol–water partition coefficient (Wildman–Crippen LogP) is 1.58. The minimum Gasteiger partial charge on any atom is -0.377 e. The summed E-state index contributed by atoms with van der Waals surface area (Å²) < 4.78 is 5.69. The predicted molar refractivity (Wildman–Crippen MR) is 74.8 cm³/mol. The summed E-state index contributed by atoms with van der Waals surface area (Å²) in [4.78, 5) is 2.58. The van der Waals surface area contributed by atoms with E-state index in [1.54, 1.807) is 0 Å². The minimum atomic E-state index is 0.450. The van der Waals surface area contributed by atoms with Gasteiger partial charge in [-0.05, 0) is 19.8 Å². The highest BCUT2D eigenvalue weighted by Gasteiger charge is 2.22. The van der Waals surface area contributed by atoms with E-state index in [0.29, 0.717) is 12.1 Å². The molecular weight excluding hydrogens is 232 g/mol. The SMILES string of the molecule is CC1CN(CCNC(C)C2CCCO2)CCS1. The van der Waals surface area contributed by atoms with Crippen LogP contribution in [-0.2, 0) is 4.74 Å². The van der Waals surface area contributed by atoms with Crippen LogP contribution in [0.25, 0.3) is 0 Å². The van der Waals surface area contributed by atoms with Gasteiger partial charge in [0.05, 0.1) is 6.10 Å². The van der Waals surface area contributed by atoms with E-state index in [0.717, 1.165) is 18.4 Å². The zero-order chi connectivity index (χ0) is 12.1. The van der Waals surface area contributed by atoms with Gasteiger partial charge < -0.3 is 15.0 Å². The van der Waals surface area contributed by atoms with Crippen molar-refractivity contribution in [3.05, 3.63) is 0 Å². The van der Waals surface area contributed by atoms with Crippen LogP contribution in [0.2, 0.25) is 0 Å². The van der Waals surface area contributed by atoms with Crippen LogP contribution >= 0.6 is 11.8 Å². The van der Waals surface area contributed by atoms with E-state index < -0.39 is 0 Å². The Balaban J connectivity index is 1.58. The molecule has 2 aliphatic heterocycles. The fourth-order valence-corrected chi connectivity index (χ4v) is 3.75. The van der Waals surface area contributed by atoms with Crippen molar-refractivity contribution in [1.82, 2.24) is 10.2 Å². The number of nitrogens with zero attached hydrogens (tertiary/aromatic N) is 1. The molecule has 2 aliphatic rings. The summed E-state index contributed by atoms with van der Waals surface area (Å²) in [5, 5.41) is 4.42. The summed E-state index contributed by atoms with van der Waals surface area (Å²) in [6, 6.07) is 0.508. The van der Waals surface area contributed by atoms with Crippen molar-refractivity contribution in [3.63, 3.8) is 0 Å². The van der Waals surface area contributed by atoms with Crippen LogP contribution < -0.4 is 5.32 Å². The lowest BCUT2D eigenvalue weighted by atomic mass is 10.1. The van der Waals surface area contributed by atoms with Gasteiger partial charge in [-0.25, -0.2) is 0 Å². The van der Waals surface area contributed by atoms with Crippen molar-refractivity contribution < 1.29 is 4.74 Å². The summed E-state index contributed by atoms with van der Waals surface area (Å²) in [5.41, 5.74) is 0. The fraction of sp³-hybridized carbons (Fsp3) is 1.00. The zero-order valence-corrected chi connectivity index (χ0v) is 12.0. The first-order valence-corrected chi connectivity index (χ1v) is 7.99. The molecule has 1 N–H and O–H groups in total. The van der Waals surface area contributed by atoms with Gasteiger partial charge in [-0.2, -0.15) is 11.8 Å². The Kier molecular flexibility index (Phi) is 5.60. The van der Waals surface area contributed by atoms with Crippen molar-refractivity contribution in [2.75, 3.05) is 38.5 Å². The molecule has 0 spiro atoms. The molecule has 3 atom stereocenters. The molecule has 2 heterocycles. The molecule has 3 nitrogen and oxygen atoms in total. The van der Waals surface area contributed by atoms with Gasteiger partial charge in [0.2, 0.25) is 0 Å². The highest BCUT2D eigenvalue weighted by atomic mass is 32.2. The summed E-state index contributed by atoms with van der Waals surface area (Å²) in [6.45, 7) is 10.3. The van der Waals surface area contributed by atoms with Crippen LogP contribution in [0, 0.1) is 0 Å². The Hall–Kier alpha value is 0.230. The molecule has 0 aliphatic carbocycles. The molecule has 2 fully saturated rings. The van der Waals surface area contributed by atoms with E-state index >= 15 is 0 Å². The van der Waals surface area contributed by atoms with Gasteiger partial charge in [0.15, 0.2) is 0 Å².